The smallest absolute Gasteiger partial charge is 0.135 e. The SMILES string of the molecule is NCc1c(COCc2cccc(Br)c2)oc2ccccc12. The largest absolute Gasteiger partial charge is 0.458 e. The maximum Gasteiger partial charge on any atom is 0.135 e. The average Bonchev–Trinajstić information content (AvgIpc) is 2.84. The summed E-state index contributed by atoms with van der Waals surface area (Å²) < 4.78 is 12.7. The topological polar surface area (TPSA) is 48.4 Å². The highest BCUT2D eigenvalue weighted by molar-refractivity contribution is 9.10. The van der Waals surface area contributed by atoms with Gasteiger partial charge in [0.15, 0.2) is 0 Å². The molecule has 0 atom stereocenters. The Hall–Kier alpha value is -1.62. The zero-order valence-corrected chi connectivity index (χ0v) is 13.1. The zero-order valence-electron chi connectivity index (χ0n) is 11.5. The summed E-state index contributed by atoms with van der Waals surface area (Å²) in [5.74, 6) is 0.814. The molecular weight excluding hydrogens is 330 g/mol. The van der Waals surface area contributed by atoms with Crippen LogP contribution in [0.2, 0.25) is 0 Å². The molecule has 0 amide bonds. The molecule has 0 spiro atoms. The van der Waals surface area contributed by atoms with Gasteiger partial charge in [-0.2, -0.15) is 0 Å². The number of fused-ring (bicyclic) bond motifs is 1. The monoisotopic (exact) mass is 345 g/mol. The summed E-state index contributed by atoms with van der Waals surface area (Å²) in [6.45, 7) is 1.42. The third-order valence-electron chi connectivity index (χ3n) is 3.38. The van der Waals surface area contributed by atoms with E-state index >= 15 is 0 Å². The number of ether oxygens (including phenoxy) is 1. The number of furan rings is 1. The van der Waals surface area contributed by atoms with Crippen molar-refractivity contribution in [1.82, 2.24) is 0 Å². The molecule has 1 heterocycles. The Labute approximate surface area is 131 Å². The van der Waals surface area contributed by atoms with Crippen molar-refractivity contribution >= 4 is 26.9 Å². The molecule has 3 rings (SSSR count). The quantitative estimate of drug-likeness (QED) is 0.746. The molecule has 0 fully saturated rings. The van der Waals surface area contributed by atoms with E-state index in [0.29, 0.717) is 19.8 Å². The maximum absolute atomic E-state index is 5.84. The number of halogens is 1. The van der Waals surface area contributed by atoms with Gasteiger partial charge in [0.1, 0.15) is 18.0 Å². The van der Waals surface area contributed by atoms with Crippen LogP contribution in [-0.4, -0.2) is 0 Å². The second-order valence-electron chi connectivity index (χ2n) is 4.83. The van der Waals surface area contributed by atoms with E-state index in [1.807, 2.05) is 48.5 Å². The normalized spacial score (nSPS) is 11.1. The summed E-state index contributed by atoms with van der Waals surface area (Å²) in [6, 6.07) is 16.0. The summed E-state index contributed by atoms with van der Waals surface area (Å²) in [6.07, 6.45) is 0. The first-order chi connectivity index (χ1) is 10.3. The molecule has 3 nitrogen and oxygen atoms in total. The summed E-state index contributed by atoms with van der Waals surface area (Å²) in [4.78, 5) is 0. The lowest BCUT2D eigenvalue weighted by molar-refractivity contribution is 0.0933. The van der Waals surface area contributed by atoms with E-state index in [4.69, 9.17) is 14.9 Å². The van der Waals surface area contributed by atoms with Crippen LogP contribution in [-0.2, 0) is 24.5 Å². The van der Waals surface area contributed by atoms with Gasteiger partial charge in [0.2, 0.25) is 0 Å². The van der Waals surface area contributed by atoms with Gasteiger partial charge in [-0.3, -0.25) is 0 Å². The molecule has 0 radical (unpaired) electrons. The van der Waals surface area contributed by atoms with Crippen molar-refractivity contribution < 1.29 is 9.15 Å². The predicted molar refractivity (Wildman–Crippen MR) is 86.7 cm³/mol. The molecule has 108 valence electrons. The predicted octanol–water partition coefficient (Wildman–Crippen LogP) is 4.37. The van der Waals surface area contributed by atoms with E-state index in [1.54, 1.807) is 0 Å². The highest BCUT2D eigenvalue weighted by Gasteiger charge is 2.12. The van der Waals surface area contributed by atoms with Gasteiger partial charge >= 0.3 is 0 Å². The molecule has 0 saturated heterocycles. The lowest BCUT2D eigenvalue weighted by atomic mass is 10.1. The third kappa shape index (κ3) is 3.18. The van der Waals surface area contributed by atoms with E-state index in [-0.39, 0.29) is 0 Å². The van der Waals surface area contributed by atoms with Crippen LogP contribution in [0.15, 0.2) is 57.4 Å². The van der Waals surface area contributed by atoms with Gasteiger partial charge in [-0.05, 0) is 23.8 Å². The van der Waals surface area contributed by atoms with E-state index in [0.717, 1.165) is 32.3 Å². The van der Waals surface area contributed by atoms with Gasteiger partial charge in [0.05, 0.1) is 6.61 Å². The Morgan fingerprint density at radius 3 is 2.71 bits per heavy atom. The summed E-state index contributed by atoms with van der Waals surface area (Å²) >= 11 is 3.45. The van der Waals surface area contributed by atoms with Crippen molar-refractivity contribution in [2.75, 3.05) is 0 Å². The van der Waals surface area contributed by atoms with E-state index < -0.39 is 0 Å². The van der Waals surface area contributed by atoms with Gasteiger partial charge < -0.3 is 14.9 Å². The first kappa shape index (κ1) is 14.3. The first-order valence-electron chi connectivity index (χ1n) is 6.79. The number of benzene rings is 2. The average molecular weight is 346 g/mol. The van der Waals surface area contributed by atoms with Crippen molar-refractivity contribution in [3.63, 3.8) is 0 Å². The minimum atomic E-state index is 0.424. The zero-order chi connectivity index (χ0) is 14.7. The number of rotatable bonds is 5. The van der Waals surface area contributed by atoms with Crippen molar-refractivity contribution in [2.45, 2.75) is 19.8 Å². The standard InChI is InChI=1S/C17H16BrNO2/c18-13-5-3-4-12(8-13)10-20-11-17-15(9-19)14-6-1-2-7-16(14)21-17/h1-8H,9-11,19H2. The van der Waals surface area contributed by atoms with Crippen LogP contribution in [0.4, 0.5) is 0 Å². The Balaban J connectivity index is 1.73. The van der Waals surface area contributed by atoms with Crippen LogP contribution in [0.1, 0.15) is 16.9 Å². The molecule has 0 aliphatic heterocycles. The Morgan fingerprint density at radius 1 is 1.05 bits per heavy atom. The van der Waals surface area contributed by atoms with E-state index in [2.05, 4.69) is 15.9 Å². The van der Waals surface area contributed by atoms with Crippen LogP contribution >= 0.6 is 15.9 Å². The van der Waals surface area contributed by atoms with E-state index in [9.17, 15) is 0 Å². The van der Waals surface area contributed by atoms with Gasteiger partial charge in [-0.25, -0.2) is 0 Å². The Morgan fingerprint density at radius 2 is 1.90 bits per heavy atom. The van der Waals surface area contributed by atoms with Crippen LogP contribution in [0, 0.1) is 0 Å². The molecule has 0 aliphatic rings. The van der Waals surface area contributed by atoms with Gasteiger partial charge in [0, 0.05) is 22.0 Å². The van der Waals surface area contributed by atoms with Crippen LogP contribution in [0.5, 0.6) is 0 Å². The fourth-order valence-electron chi connectivity index (χ4n) is 2.38. The first-order valence-corrected chi connectivity index (χ1v) is 7.59. The second kappa shape index (κ2) is 6.43. The molecule has 1 aromatic heterocycles. The number of hydrogen-bond donors (Lipinski definition) is 1. The summed E-state index contributed by atoms with van der Waals surface area (Å²) in [5.41, 5.74) is 8.85. The lowest BCUT2D eigenvalue weighted by Crippen LogP contribution is -2.01. The number of hydrogen-bond acceptors (Lipinski definition) is 3. The molecule has 4 heteroatoms. The van der Waals surface area contributed by atoms with Gasteiger partial charge in [0.25, 0.3) is 0 Å². The molecular formula is C17H16BrNO2. The minimum Gasteiger partial charge on any atom is -0.458 e. The highest BCUT2D eigenvalue weighted by Crippen LogP contribution is 2.26. The fourth-order valence-corrected chi connectivity index (χ4v) is 2.82. The van der Waals surface area contributed by atoms with Crippen molar-refractivity contribution in [3.8, 4) is 0 Å². The van der Waals surface area contributed by atoms with Gasteiger partial charge in [-0.1, -0.05) is 46.3 Å². The molecule has 0 aliphatic carbocycles. The summed E-state index contributed by atoms with van der Waals surface area (Å²) in [7, 11) is 0. The van der Waals surface area contributed by atoms with Crippen molar-refractivity contribution in [2.24, 2.45) is 5.73 Å². The van der Waals surface area contributed by atoms with E-state index in [1.165, 1.54) is 0 Å². The summed E-state index contributed by atoms with van der Waals surface area (Å²) in [5, 5.41) is 1.07. The second-order valence-corrected chi connectivity index (χ2v) is 5.74. The molecule has 3 aromatic rings. The molecule has 2 aromatic carbocycles. The minimum absolute atomic E-state index is 0.424. The van der Waals surface area contributed by atoms with Crippen LogP contribution in [0.3, 0.4) is 0 Å². The van der Waals surface area contributed by atoms with Crippen molar-refractivity contribution in [1.29, 1.82) is 0 Å². The Bertz CT molecular complexity index is 751. The van der Waals surface area contributed by atoms with Gasteiger partial charge in [-0.15, -0.1) is 0 Å². The molecule has 0 unspecified atom stereocenters. The fraction of sp³-hybridized carbons (Fsp3) is 0.176. The molecule has 0 saturated carbocycles. The molecule has 21 heavy (non-hydrogen) atoms. The number of nitrogens with two attached hydrogens (primary N) is 1. The third-order valence-corrected chi connectivity index (χ3v) is 3.87. The maximum atomic E-state index is 5.84. The number of para-hydroxylation sites is 1. The highest BCUT2D eigenvalue weighted by atomic mass is 79.9. The lowest BCUT2D eigenvalue weighted by Gasteiger charge is -2.04. The molecule has 0 bridgehead atoms. The van der Waals surface area contributed by atoms with Crippen LogP contribution in [0.25, 0.3) is 11.0 Å². The van der Waals surface area contributed by atoms with Crippen molar-refractivity contribution in [3.05, 3.63) is 69.9 Å². The van der Waals surface area contributed by atoms with Crippen LogP contribution < -0.4 is 5.73 Å². The Kier molecular flexibility index (Phi) is 4.39. The molecule has 2 N–H and O–H groups in total.